The largest absolute Gasteiger partial charge is 0.354 e. The average Bonchev–Trinajstić information content (AvgIpc) is 2.68. The van der Waals surface area contributed by atoms with Crippen LogP contribution in [0.4, 0.5) is 0 Å². The summed E-state index contributed by atoms with van der Waals surface area (Å²) in [7, 11) is -3.66. The van der Waals surface area contributed by atoms with Gasteiger partial charge >= 0.3 is 0 Å². The van der Waals surface area contributed by atoms with Crippen LogP contribution in [0.1, 0.15) is 12.0 Å². The van der Waals surface area contributed by atoms with E-state index in [1.807, 2.05) is 30.0 Å². The van der Waals surface area contributed by atoms with Crippen molar-refractivity contribution in [3.63, 3.8) is 0 Å². The summed E-state index contributed by atoms with van der Waals surface area (Å²) in [6.45, 7) is 4.03. The van der Waals surface area contributed by atoms with E-state index in [-0.39, 0.29) is 23.8 Å². The first-order chi connectivity index (χ1) is 13.4. The highest BCUT2D eigenvalue weighted by atomic mass is 32.2. The van der Waals surface area contributed by atoms with Gasteiger partial charge in [0.15, 0.2) is 0 Å². The van der Waals surface area contributed by atoms with Gasteiger partial charge in [0.1, 0.15) is 4.90 Å². The maximum atomic E-state index is 13.1. The van der Waals surface area contributed by atoms with Crippen molar-refractivity contribution in [1.82, 2.24) is 19.5 Å². The number of nitrogens with one attached hydrogen (secondary N) is 1. The Hall–Kier alpha value is -2.54. The Morgan fingerprint density at radius 1 is 1.29 bits per heavy atom. The van der Waals surface area contributed by atoms with Crippen molar-refractivity contribution in [2.24, 2.45) is 0 Å². The Kier molecular flexibility index (Phi) is 6.24. The molecule has 1 amide bonds. The molecule has 1 saturated heterocycles. The van der Waals surface area contributed by atoms with Crippen LogP contribution < -0.4 is 5.32 Å². The number of nitrogens with zero attached hydrogens (tertiary/aromatic N) is 4. The van der Waals surface area contributed by atoms with E-state index < -0.39 is 10.0 Å². The second-order valence-electron chi connectivity index (χ2n) is 6.78. The molecular formula is C19H23N5O3S. The van der Waals surface area contributed by atoms with Gasteiger partial charge in [0.05, 0.1) is 24.6 Å². The molecular weight excluding hydrogens is 378 g/mol. The molecule has 1 fully saturated rings. The van der Waals surface area contributed by atoms with Gasteiger partial charge in [-0.15, -0.1) is 0 Å². The summed E-state index contributed by atoms with van der Waals surface area (Å²) < 4.78 is 27.7. The Morgan fingerprint density at radius 3 is 2.75 bits per heavy atom. The van der Waals surface area contributed by atoms with Crippen molar-refractivity contribution in [2.75, 3.05) is 39.3 Å². The molecule has 1 aliphatic heterocycles. The molecule has 0 radical (unpaired) electrons. The van der Waals surface area contributed by atoms with Crippen LogP contribution in [0.2, 0.25) is 0 Å². The molecule has 28 heavy (non-hydrogen) atoms. The number of pyridine rings is 1. The number of carbonyl (C=O) groups excluding carboxylic acids is 1. The molecule has 8 nitrogen and oxygen atoms in total. The van der Waals surface area contributed by atoms with Gasteiger partial charge in [0, 0.05) is 44.3 Å². The van der Waals surface area contributed by atoms with Gasteiger partial charge in [-0.1, -0.05) is 12.1 Å². The highest BCUT2D eigenvalue weighted by molar-refractivity contribution is 7.89. The molecule has 9 heteroatoms. The molecule has 3 rings (SSSR count). The van der Waals surface area contributed by atoms with Crippen LogP contribution in [-0.2, 0) is 14.8 Å². The molecule has 2 heterocycles. The smallest absolute Gasteiger partial charge is 0.245 e. The van der Waals surface area contributed by atoms with Crippen molar-refractivity contribution in [2.45, 2.75) is 18.2 Å². The van der Waals surface area contributed by atoms with E-state index >= 15 is 0 Å². The van der Waals surface area contributed by atoms with Crippen molar-refractivity contribution < 1.29 is 13.2 Å². The molecule has 0 saturated carbocycles. The highest BCUT2D eigenvalue weighted by Gasteiger charge is 2.30. The van der Waals surface area contributed by atoms with E-state index in [1.54, 1.807) is 18.3 Å². The van der Waals surface area contributed by atoms with Crippen LogP contribution in [0.3, 0.4) is 0 Å². The highest BCUT2D eigenvalue weighted by Crippen LogP contribution is 2.25. The van der Waals surface area contributed by atoms with Crippen LogP contribution in [0.25, 0.3) is 10.9 Å². The number of sulfonamides is 1. The summed E-state index contributed by atoms with van der Waals surface area (Å²) in [4.78, 5) is 18.3. The van der Waals surface area contributed by atoms with Crippen LogP contribution >= 0.6 is 0 Å². The first kappa shape index (κ1) is 20.2. The summed E-state index contributed by atoms with van der Waals surface area (Å²) in [6, 6.07) is 9.08. The Bertz CT molecular complexity index is 1010. The zero-order valence-corrected chi connectivity index (χ0v) is 16.6. The van der Waals surface area contributed by atoms with Crippen molar-refractivity contribution in [1.29, 1.82) is 5.26 Å². The summed E-state index contributed by atoms with van der Waals surface area (Å²) in [5.41, 5.74) is 1.45. The molecule has 1 N–H and O–H groups in total. The molecule has 0 unspecified atom stereocenters. The van der Waals surface area contributed by atoms with Gasteiger partial charge < -0.3 is 5.32 Å². The standard InChI is InChI=1S/C19H23N5O3S/c1-15-12-16-4-2-5-17(19(16)22-13-15)28(26,27)24-10-8-23(9-11-24)14-18(25)21-7-3-6-20/h2,4-5,12-13H,3,7-11,14H2,1H3,(H,21,25). The van der Waals surface area contributed by atoms with E-state index in [0.29, 0.717) is 38.2 Å². The Morgan fingerprint density at radius 2 is 2.04 bits per heavy atom. The van der Waals surface area contributed by atoms with E-state index in [4.69, 9.17) is 5.26 Å². The molecule has 0 aliphatic carbocycles. The van der Waals surface area contributed by atoms with Gasteiger partial charge in [-0.3, -0.25) is 14.7 Å². The normalized spacial score (nSPS) is 16.0. The number of benzene rings is 1. The van der Waals surface area contributed by atoms with Crippen molar-refractivity contribution >= 4 is 26.8 Å². The number of para-hydroxylation sites is 1. The van der Waals surface area contributed by atoms with E-state index in [9.17, 15) is 13.2 Å². The second-order valence-corrected chi connectivity index (χ2v) is 8.69. The zero-order valence-electron chi connectivity index (χ0n) is 15.8. The van der Waals surface area contributed by atoms with Gasteiger partial charge in [-0.25, -0.2) is 8.42 Å². The quantitative estimate of drug-likeness (QED) is 0.720. The average molecular weight is 401 g/mol. The fourth-order valence-electron chi connectivity index (χ4n) is 3.23. The van der Waals surface area contributed by atoms with Crippen LogP contribution in [0, 0.1) is 18.3 Å². The third-order valence-corrected chi connectivity index (χ3v) is 6.62. The number of piperazine rings is 1. The van der Waals surface area contributed by atoms with Crippen molar-refractivity contribution in [3.8, 4) is 6.07 Å². The number of fused-ring (bicyclic) bond motifs is 1. The number of aromatic nitrogens is 1. The molecule has 0 spiro atoms. The molecule has 2 aromatic rings. The Labute approximate surface area is 164 Å². The van der Waals surface area contributed by atoms with Crippen molar-refractivity contribution in [3.05, 3.63) is 36.0 Å². The fourth-order valence-corrected chi connectivity index (χ4v) is 4.82. The third-order valence-electron chi connectivity index (χ3n) is 4.69. The molecule has 1 aliphatic rings. The van der Waals surface area contributed by atoms with Gasteiger partial charge in [0.25, 0.3) is 0 Å². The summed E-state index contributed by atoms with van der Waals surface area (Å²) in [6.07, 6.45) is 1.95. The van der Waals surface area contributed by atoms with E-state index in [1.165, 1.54) is 4.31 Å². The lowest BCUT2D eigenvalue weighted by molar-refractivity contribution is -0.122. The predicted molar refractivity (Wildman–Crippen MR) is 105 cm³/mol. The molecule has 1 aromatic heterocycles. The van der Waals surface area contributed by atoms with E-state index in [0.717, 1.165) is 10.9 Å². The number of nitriles is 1. The molecule has 0 atom stereocenters. The first-order valence-corrected chi connectivity index (χ1v) is 10.6. The van der Waals surface area contributed by atoms with Gasteiger partial charge in [-0.05, 0) is 24.6 Å². The number of carbonyl (C=O) groups is 1. The molecule has 0 bridgehead atoms. The topological polar surface area (TPSA) is 106 Å². The minimum Gasteiger partial charge on any atom is -0.354 e. The number of hydrogen-bond donors (Lipinski definition) is 1. The second kappa shape index (κ2) is 8.65. The number of rotatable bonds is 6. The summed E-state index contributed by atoms with van der Waals surface area (Å²) in [5.74, 6) is -0.153. The lowest BCUT2D eigenvalue weighted by Crippen LogP contribution is -2.51. The Balaban J connectivity index is 1.67. The maximum Gasteiger partial charge on any atom is 0.245 e. The molecule has 1 aromatic carbocycles. The lowest BCUT2D eigenvalue weighted by Gasteiger charge is -2.33. The predicted octanol–water partition coefficient (Wildman–Crippen LogP) is 0.879. The zero-order chi connectivity index (χ0) is 20.1. The number of hydrogen-bond acceptors (Lipinski definition) is 6. The fraction of sp³-hybridized carbons (Fsp3) is 0.421. The molecule has 148 valence electrons. The number of amides is 1. The summed E-state index contributed by atoms with van der Waals surface area (Å²) >= 11 is 0. The van der Waals surface area contributed by atoms with Gasteiger partial charge in [-0.2, -0.15) is 9.57 Å². The first-order valence-electron chi connectivity index (χ1n) is 9.13. The number of aryl methyl sites for hydroxylation is 1. The summed E-state index contributed by atoms with van der Waals surface area (Å²) in [5, 5.41) is 12.0. The minimum atomic E-state index is -3.66. The third kappa shape index (κ3) is 4.47. The monoisotopic (exact) mass is 401 g/mol. The van der Waals surface area contributed by atoms with Crippen LogP contribution in [-0.4, -0.2) is 67.8 Å². The minimum absolute atomic E-state index is 0.153. The van der Waals surface area contributed by atoms with Crippen LogP contribution in [0.5, 0.6) is 0 Å². The van der Waals surface area contributed by atoms with Crippen LogP contribution in [0.15, 0.2) is 35.4 Å². The van der Waals surface area contributed by atoms with Gasteiger partial charge in [0.2, 0.25) is 15.9 Å². The van der Waals surface area contributed by atoms with E-state index in [2.05, 4.69) is 10.3 Å². The lowest BCUT2D eigenvalue weighted by atomic mass is 10.2. The maximum absolute atomic E-state index is 13.1. The SMILES string of the molecule is Cc1cnc2c(S(=O)(=O)N3CCN(CC(=O)NCCC#N)CC3)cccc2c1.